The molecule has 3 aromatic rings. The molecular formula is C22H17FN4O6. The number of nitro groups is 1. The molecule has 0 radical (unpaired) electrons. The number of phenolic OH excluding ortho intramolecular Hbond substituents is 1. The van der Waals surface area contributed by atoms with E-state index in [9.17, 15) is 29.2 Å². The molecule has 0 aliphatic heterocycles. The number of halogens is 1. The number of carbonyl (C=O) groups is 2. The molecule has 0 atom stereocenters. The number of rotatable bonds is 7. The monoisotopic (exact) mass is 452 g/mol. The van der Waals surface area contributed by atoms with Crippen LogP contribution in [0.25, 0.3) is 0 Å². The fourth-order valence-electron chi connectivity index (χ4n) is 2.78. The molecule has 2 amide bonds. The van der Waals surface area contributed by atoms with Crippen LogP contribution in [-0.4, -0.2) is 35.2 Å². The Morgan fingerprint density at radius 3 is 2.48 bits per heavy atom. The van der Waals surface area contributed by atoms with E-state index in [4.69, 9.17) is 4.74 Å². The summed E-state index contributed by atoms with van der Waals surface area (Å²) in [4.78, 5) is 35.3. The average molecular weight is 452 g/mol. The van der Waals surface area contributed by atoms with Crippen molar-refractivity contribution in [3.05, 3.63) is 93.3 Å². The highest BCUT2D eigenvalue weighted by atomic mass is 19.1. The molecule has 0 spiro atoms. The minimum atomic E-state index is -0.784. The Morgan fingerprint density at radius 1 is 1.12 bits per heavy atom. The molecule has 0 saturated carbocycles. The van der Waals surface area contributed by atoms with Crippen LogP contribution in [0.1, 0.15) is 26.3 Å². The van der Waals surface area contributed by atoms with Crippen molar-refractivity contribution in [1.82, 2.24) is 5.43 Å². The maximum atomic E-state index is 13.1. The van der Waals surface area contributed by atoms with Gasteiger partial charge < -0.3 is 15.2 Å². The molecule has 3 rings (SSSR count). The standard InChI is InChI=1S/C22H17FN4O6/c1-33-16-10-14(20(28)19(11-16)27(31)32)12-24-26-22(30)17-4-2-3-5-18(17)25-21(29)13-6-8-15(23)9-7-13/h2-12,28H,1H3,(H,25,29)(H,26,30)/b24-12+. The third-order valence-corrected chi connectivity index (χ3v) is 4.42. The Hall–Kier alpha value is -4.80. The van der Waals surface area contributed by atoms with Crippen LogP contribution in [0.3, 0.4) is 0 Å². The molecule has 0 aromatic heterocycles. The minimum absolute atomic E-state index is 0.0563. The average Bonchev–Trinajstić information content (AvgIpc) is 2.80. The first kappa shape index (κ1) is 22.9. The van der Waals surface area contributed by atoms with Gasteiger partial charge in [-0.2, -0.15) is 5.10 Å². The zero-order valence-corrected chi connectivity index (χ0v) is 17.1. The number of nitrogens with one attached hydrogen (secondary N) is 2. The van der Waals surface area contributed by atoms with Gasteiger partial charge in [0.05, 0.1) is 35.6 Å². The second-order valence-corrected chi connectivity index (χ2v) is 6.55. The number of anilines is 1. The topological polar surface area (TPSA) is 143 Å². The summed E-state index contributed by atoms with van der Waals surface area (Å²) in [6.45, 7) is 0. The van der Waals surface area contributed by atoms with E-state index in [1.165, 1.54) is 37.4 Å². The summed E-state index contributed by atoms with van der Waals surface area (Å²) in [5.41, 5.74) is 2.04. The predicted molar refractivity (Wildman–Crippen MR) is 117 cm³/mol. The van der Waals surface area contributed by atoms with Crippen LogP contribution in [0.2, 0.25) is 0 Å². The van der Waals surface area contributed by atoms with Crippen LogP contribution in [0.15, 0.2) is 65.8 Å². The number of nitrogens with zero attached hydrogens (tertiary/aromatic N) is 2. The lowest BCUT2D eigenvalue weighted by Crippen LogP contribution is -2.21. The maximum Gasteiger partial charge on any atom is 0.315 e. The Labute approximate surface area is 186 Å². The van der Waals surface area contributed by atoms with E-state index in [2.05, 4.69) is 15.8 Å². The fraction of sp³-hybridized carbons (Fsp3) is 0.0455. The van der Waals surface area contributed by atoms with E-state index in [0.29, 0.717) is 0 Å². The number of hydrazone groups is 1. The van der Waals surface area contributed by atoms with Crippen LogP contribution in [-0.2, 0) is 0 Å². The summed E-state index contributed by atoms with van der Waals surface area (Å²) in [5, 5.41) is 27.4. The summed E-state index contributed by atoms with van der Waals surface area (Å²) >= 11 is 0. The molecule has 0 heterocycles. The number of para-hydroxylation sites is 1. The zero-order valence-electron chi connectivity index (χ0n) is 17.1. The lowest BCUT2D eigenvalue weighted by Gasteiger charge is -2.10. The van der Waals surface area contributed by atoms with Gasteiger partial charge in [-0.1, -0.05) is 12.1 Å². The van der Waals surface area contributed by atoms with Gasteiger partial charge in [0, 0.05) is 11.1 Å². The molecule has 11 heteroatoms. The summed E-state index contributed by atoms with van der Waals surface area (Å²) in [5.74, 6) is -2.27. The summed E-state index contributed by atoms with van der Waals surface area (Å²) < 4.78 is 18.0. The van der Waals surface area contributed by atoms with Gasteiger partial charge in [-0.05, 0) is 42.5 Å². The molecule has 0 bridgehead atoms. The Balaban J connectivity index is 1.77. The van der Waals surface area contributed by atoms with Gasteiger partial charge in [-0.15, -0.1) is 0 Å². The predicted octanol–water partition coefficient (Wildman–Crippen LogP) is 3.46. The van der Waals surface area contributed by atoms with Gasteiger partial charge in [-0.3, -0.25) is 19.7 Å². The van der Waals surface area contributed by atoms with Gasteiger partial charge >= 0.3 is 5.69 Å². The van der Waals surface area contributed by atoms with Crippen molar-refractivity contribution in [2.45, 2.75) is 0 Å². The molecule has 3 N–H and O–H groups in total. The number of nitro benzene ring substituents is 1. The van der Waals surface area contributed by atoms with E-state index < -0.39 is 34.0 Å². The molecule has 0 unspecified atom stereocenters. The van der Waals surface area contributed by atoms with Crippen molar-refractivity contribution in [3.8, 4) is 11.5 Å². The third-order valence-electron chi connectivity index (χ3n) is 4.42. The number of hydrogen-bond acceptors (Lipinski definition) is 7. The van der Waals surface area contributed by atoms with Crippen molar-refractivity contribution in [1.29, 1.82) is 0 Å². The number of hydrogen-bond donors (Lipinski definition) is 3. The highest BCUT2D eigenvalue weighted by Gasteiger charge is 2.19. The quantitative estimate of drug-likeness (QED) is 0.285. The van der Waals surface area contributed by atoms with E-state index in [0.717, 1.165) is 24.4 Å². The van der Waals surface area contributed by atoms with Crippen molar-refractivity contribution < 1.29 is 28.7 Å². The van der Waals surface area contributed by atoms with Gasteiger partial charge in [0.25, 0.3) is 11.8 Å². The van der Waals surface area contributed by atoms with E-state index >= 15 is 0 Å². The Morgan fingerprint density at radius 2 is 1.82 bits per heavy atom. The van der Waals surface area contributed by atoms with E-state index in [1.807, 2.05) is 0 Å². The summed E-state index contributed by atoms with van der Waals surface area (Å²) in [6.07, 6.45) is 1.02. The van der Waals surface area contributed by atoms with E-state index in [1.54, 1.807) is 12.1 Å². The molecule has 33 heavy (non-hydrogen) atoms. The minimum Gasteiger partial charge on any atom is -0.502 e. The molecule has 168 valence electrons. The van der Waals surface area contributed by atoms with Crippen LogP contribution in [0.5, 0.6) is 11.5 Å². The van der Waals surface area contributed by atoms with Gasteiger partial charge in [0.1, 0.15) is 11.6 Å². The van der Waals surface area contributed by atoms with Crippen molar-refractivity contribution in [2.75, 3.05) is 12.4 Å². The van der Waals surface area contributed by atoms with Crippen molar-refractivity contribution in [3.63, 3.8) is 0 Å². The first-order valence-corrected chi connectivity index (χ1v) is 9.35. The number of phenols is 1. The second kappa shape index (κ2) is 10.0. The molecular weight excluding hydrogens is 435 g/mol. The molecule has 0 aliphatic carbocycles. The zero-order chi connectivity index (χ0) is 24.0. The van der Waals surface area contributed by atoms with Gasteiger partial charge in [0.15, 0.2) is 0 Å². The number of carbonyl (C=O) groups excluding carboxylic acids is 2. The highest BCUT2D eigenvalue weighted by molar-refractivity contribution is 6.09. The molecule has 0 saturated heterocycles. The molecule has 10 nitrogen and oxygen atoms in total. The largest absolute Gasteiger partial charge is 0.502 e. The first-order valence-electron chi connectivity index (χ1n) is 9.35. The van der Waals surface area contributed by atoms with E-state index in [-0.39, 0.29) is 28.1 Å². The third kappa shape index (κ3) is 5.47. The van der Waals surface area contributed by atoms with Crippen LogP contribution >= 0.6 is 0 Å². The second-order valence-electron chi connectivity index (χ2n) is 6.55. The lowest BCUT2D eigenvalue weighted by atomic mass is 10.1. The SMILES string of the molecule is COc1cc(/C=N/NC(=O)c2ccccc2NC(=O)c2ccc(F)cc2)c(O)c([N+](=O)[O-])c1. The van der Waals surface area contributed by atoms with Gasteiger partial charge in [-0.25, -0.2) is 9.82 Å². The van der Waals surface area contributed by atoms with Crippen LogP contribution < -0.4 is 15.5 Å². The number of methoxy groups -OCH3 is 1. The molecule has 3 aromatic carbocycles. The lowest BCUT2D eigenvalue weighted by molar-refractivity contribution is -0.385. The highest BCUT2D eigenvalue weighted by Crippen LogP contribution is 2.33. The number of amides is 2. The maximum absolute atomic E-state index is 13.1. The molecule has 0 fully saturated rings. The Bertz CT molecular complexity index is 1240. The van der Waals surface area contributed by atoms with Crippen LogP contribution in [0.4, 0.5) is 15.8 Å². The number of ether oxygens (including phenoxy) is 1. The Kier molecular flexibility index (Phi) is 6.94. The normalized spacial score (nSPS) is 10.6. The molecule has 0 aliphatic rings. The van der Waals surface area contributed by atoms with Crippen LogP contribution in [0, 0.1) is 15.9 Å². The van der Waals surface area contributed by atoms with Crippen molar-refractivity contribution >= 4 is 29.4 Å². The number of benzene rings is 3. The smallest absolute Gasteiger partial charge is 0.315 e. The first-order chi connectivity index (χ1) is 15.8. The number of aromatic hydroxyl groups is 1. The van der Waals surface area contributed by atoms with Gasteiger partial charge in [0.2, 0.25) is 5.75 Å². The summed E-state index contributed by atoms with van der Waals surface area (Å²) in [7, 11) is 1.30. The summed E-state index contributed by atoms with van der Waals surface area (Å²) in [6, 6.07) is 13.4. The fourth-order valence-corrected chi connectivity index (χ4v) is 2.78. The van der Waals surface area contributed by atoms with Crippen molar-refractivity contribution in [2.24, 2.45) is 5.10 Å².